The zero-order chi connectivity index (χ0) is 10.8. The van der Waals surface area contributed by atoms with Crippen molar-refractivity contribution in [1.29, 1.82) is 0 Å². The summed E-state index contributed by atoms with van der Waals surface area (Å²) in [5.41, 5.74) is 2.64. The summed E-state index contributed by atoms with van der Waals surface area (Å²) in [4.78, 5) is 11.2. The first-order chi connectivity index (χ1) is 7.16. The van der Waals surface area contributed by atoms with E-state index in [1.54, 1.807) is 25.1 Å². The Labute approximate surface area is 88.6 Å². The van der Waals surface area contributed by atoms with Crippen LogP contribution in [0.1, 0.15) is 30.4 Å². The van der Waals surface area contributed by atoms with E-state index in [0.717, 1.165) is 24.0 Å². The van der Waals surface area contributed by atoms with Crippen molar-refractivity contribution in [2.75, 3.05) is 0 Å². The van der Waals surface area contributed by atoms with Gasteiger partial charge in [0.2, 0.25) is 0 Å². The second kappa shape index (κ2) is 3.97. The van der Waals surface area contributed by atoms with Gasteiger partial charge in [0.25, 0.3) is 0 Å². The van der Waals surface area contributed by atoms with Crippen molar-refractivity contribution in [3.05, 3.63) is 41.2 Å². The molecule has 1 nitrogen and oxygen atoms in total. The molecule has 15 heavy (non-hydrogen) atoms. The third-order valence-electron chi connectivity index (χ3n) is 2.73. The SMILES string of the molecule is Cc1cc(C2=CC(=O)CCC2)ccc1F. The molecule has 0 heterocycles. The molecular weight excluding hydrogens is 191 g/mol. The first-order valence-electron chi connectivity index (χ1n) is 5.17. The van der Waals surface area contributed by atoms with Gasteiger partial charge >= 0.3 is 0 Å². The molecular formula is C13H13FO. The molecule has 0 saturated heterocycles. The van der Waals surface area contributed by atoms with E-state index in [4.69, 9.17) is 0 Å². The van der Waals surface area contributed by atoms with Crippen molar-refractivity contribution in [2.24, 2.45) is 0 Å². The number of carbonyl (C=O) groups excluding carboxylic acids is 1. The molecule has 78 valence electrons. The fourth-order valence-corrected chi connectivity index (χ4v) is 1.86. The van der Waals surface area contributed by atoms with Crippen LogP contribution in [0, 0.1) is 12.7 Å². The summed E-state index contributed by atoms with van der Waals surface area (Å²) >= 11 is 0. The average molecular weight is 204 g/mol. The van der Waals surface area contributed by atoms with Crippen LogP contribution < -0.4 is 0 Å². The van der Waals surface area contributed by atoms with E-state index in [1.165, 1.54) is 6.07 Å². The topological polar surface area (TPSA) is 17.1 Å². The second-order valence-corrected chi connectivity index (χ2v) is 3.95. The maximum atomic E-state index is 13.1. The minimum absolute atomic E-state index is 0.179. The van der Waals surface area contributed by atoms with Crippen LogP contribution in [0.2, 0.25) is 0 Å². The van der Waals surface area contributed by atoms with Crippen LogP contribution in [0.3, 0.4) is 0 Å². The van der Waals surface area contributed by atoms with E-state index in [0.29, 0.717) is 12.0 Å². The quantitative estimate of drug-likeness (QED) is 0.686. The molecule has 0 bridgehead atoms. The number of benzene rings is 1. The molecule has 0 N–H and O–H groups in total. The summed E-state index contributed by atoms with van der Waals surface area (Å²) in [6.07, 6.45) is 4.15. The van der Waals surface area contributed by atoms with Crippen LogP contribution >= 0.6 is 0 Å². The molecule has 1 aliphatic carbocycles. The Morgan fingerprint density at radius 1 is 1.27 bits per heavy atom. The summed E-state index contributed by atoms with van der Waals surface area (Å²) in [5, 5.41) is 0. The third-order valence-corrected chi connectivity index (χ3v) is 2.73. The normalized spacial score (nSPS) is 16.4. The fourth-order valence-electron chi connectivity index (χ4n) is 1.86. The molecule has 1 aromatic rings. The van der Waals surface area contributed by atoms with Crippen molar-refractivity contribution in [3.63, 3.8) is 0 Å². The van der Waals surface area contributed by atoms with Gasteiger partial charge in [-0.3, -0.25) is 4.79 Å². The number of halogens is 1. The maximum absolute atomic E-state index is 13.1. The van der Waals surface area contributed by atoms with Gasteiger partial charge in [0.1, 0.15) is 5.82 Å². The molecule has 1 aliphatic rings. The predicted molar refractivity (Wildman–Crippen MR) is 58.0 cm³/mol. The van der Waals surface area contributed by atoms with Gasteiger partial charge < -0.3 is 0 Å². The largest absolute Gasteiger partial charge is 0.295 e. The first kappa shape index (κ1) is 10.1. The number of hydrogen-bond acceptors (Lipinski definition) is 1. The first-order valence-corrected chi connectivity index (χ1v) is 5.17. The van der Waals surface area contributed by atoms with E-state index in [-0.39, 0.29) is 11.6 Å². The lowest BCUT2D eigenvalue weighted by Gasteiger charge is -2.12. The van der Waals surface area contributed by atoms with E-state index in [1.807, 2.05) is 0 Å². The molecule has 0 unspecified atom stereocenters. The van der Waals surface area contributed by atoms with Crippen molar-refractivity contribution in [2.45, 2.75) is 26.2 Å². The average Bonchev–Trinajstić information content (AvgIpc) is 2.22. The van der Waals surface area contributed by atoms with Crippen molar-refractivity contribution < 1.29 is 9.18 Å². The van der Waals surface area contributed by atoms with E-state index >= 15 is 0 Å². The minimum atomic E-state index is -0.193. The fraction of sp³-hybridized carbons (Fsp3) is 0.308. The van der Waals surface area contributed by atoms with Crippen molar-refractivity contribution in [1.82, 2.24) is 0 Å². The van der Waals surface area contributed by atoms with Crippen LogP contribution in [0.4, 0.5) is 4.39 Å². The highest BCUT2D eigenvalue weighted by Crippen LogP contribution is 2.26. The molecule has 0 aliphatic heterocycles. The monoisotopic (exact) mass is 204 g/mol. The van der Waals surface area contributed by atoms with Gasteiger partial charge in [-0.2, -0.15) is 0 Å². The summed E-state index contributed by atoms with van der Waals surface area (Å²) in [6.45, 7) is 1.74. The molecule has 2 rings (SSSR count). The zero-order valence-electron chi connectivity index (χ0n) is 8.72. The smallest absolute Gasteiger partial charge is 0.155 e. The zero-order valence-corrected chi connectivity index (χ0v) is 8.72. The predicted octanol–water partition coefficient (Wildman–Crippen LogP) is 3.27. The van der Waals surface area contributed by atoms with Crippen LogP contribution in [-0.2, 0) is 4.79 Å². The van der Waals surface area contributed by atoms with Crippen LogP contribution in [0.5, 0.6) is 0 Å². The van der Waals surface area contributed by atoms with Gasteiger partial charge in [-0.1, -0.05) is 6.07 Å². The van der Waals surface area contributed by atoms with Gasteiger partial charge in [-0.15, -0.1) is 0 Å². The molecule has 0 saturated carbocycles. The number of aryl methyl sites for hydroxylation is 1. The summed E-state index contributed by atoms with van der Waals surface area (Å²) in [6, 6.07) is 5.01. The summed E-state index contributed by atoms with van der Waals surface area (Å²) in [7, 11) is 0. The lowest BCUT2D eigenvalue weighted by Crippen LogP contribution is -2.02. The number of rotatable bonds is 1. The maximum Gasteiger partial charge on any atom is 0.155 e. The van der Waals surface area contributed by atoms with Gasteiger partial charge in [-0.05, 0) is 54.7 Å². The van der Waals surface area contributed by atoms with Crippen LogP contribution in [0.15, 0.2) is 24.3 Å². The third kappa shape index (κ3) is 2.14. The Morgan fingerprint density at radius 2 is 2.07 bits per heavy atom. The standard InChI is InChI=1S/C13H13FO/c1-9-7-11(5-6-13(9)14)10-3-2-4-12(15)8-10/h5-8H,2-4H2,1H3. The Kier molecular flexibility index (Phi) is 2.67. The Hall–Kier alpha value is -1.44. The van der Waals surface area contributed by atoms with Crippen molar-refractivity contribution in [3.8, 4) is 0 Å². The molecule has 0 spiro atoms. The van der Waals surface area contributed by atoms with Gasteiger partial charge in [0.15, 0.2) is 5.78 Å². The molecule has 2 heteroatoms. The van der Waals surface area contributed by atoms with E-state index in [9.17, 15) is 9.18 Å². The highest BCUT2D eigenvalue weighted by Gasteiger charge is 2.12. The van der Waals surface area contributed by atoms with Gasteiger partial charge in [0.05, 0.1) is 0 Å². The Balaban J connectivity index is 2.37. The van der Waals surface area contributed by atoms with E-state index < -0.39 is 0 Å². The molecule has 0 atom stereocenters. The highest BCUT2D eigenvalue weighted by atomic mass is 19.1. The van der Waals surface area contributed by atoms with Crippen LogP contribution in [0.25, 0.3) is 5.57 Å². The Bertz CT molecular complexity index is 432. The van der Waals surface area contributed by atoms with E-state index in [2.05, 4.69) is 0 Å². The number of ketones is 1. The highest BCUT2D eigenvalue weighted by molar-refractivity contribution is 5.98. The second-order valence-electron chi connectivity index (χ2n) is 3.95. The summed E-state index contributed by atoms with van der Waals surface area (Å²) < 4.78 is 13.1. The summed E-state index contributed by atoms with van der Waals surface area (Å²) in [5.74, 6) is -0.0142. The molecule has 1 aromatic carbocycles. The lowest BCUT2D eigenvalue weighted by atomic mass is 9.92. The number of carbonyl (C=O) groups is 1. The molecule has 0 amide bonds. The number of allylic oxidation sites excluding steroid dienone is 2. The number of hydrogen-bond donors (Lipinski definition) is 0. The molecule has 0 radical (unpaired) electrons. The van der Waals surface area contributed by atoms with Gasteiger partial charge in [0, 0.05) is 6.42 Å². The van der Waals surface area contributed by atoms with Gasteiger partial charge in [-0.25, -0.2) is 4.39 Å². The minimum Gasteiger partial charge on any atom is -0.295 e. The molecule has 0 fully saturated rings. The lowest BCUT2D eigenvalue weighted by molar-refractivity contribution is -0.114. The Morgan fingerprint density at radius 3 is 2.73 bits per heavy atom. The van der Waals surface area contributed by atoms with Crippen molar-refractivity contribution >= 4 is 11.4 Å². The van der Waals surface area contributed by atoms with Crippen LogP contribution in [-0.4, -0.2) is 5.78 Å². The molecule has 0 aromatic heterocycles.